The number of amides is 2. The molecular formula is C15H15FN2O. The van der Waals surface area contributed by atoms with Gasteiger partial charge in [0.1, 0.15) is 5.82 Å². The van der Waals surface area contributed by atoms with E-state index in [-0.39, 0.29) is 11.8 Å². The molecule has 0 aliphatic rings. The molecule has 0 radical (unpaired) electrons. The van der Waals surface area contributed by atoms with Crippen LogP contribution in [0.5, 0.6) is 0 Å². The summed E-state index contributed by atoms with van der Waals surface area (Å²) >= 11 is 0. The number of urea groups is 1. The van der Waals surface area contributed by atoms with Gasteiger partial charge in [-0.15, -0.1) is 0 Å². The Morgan fingerprint density at radius 3 is 2.32 bits per heavy atom. The third-order valence-corrected chi connectivity index (χ3v) is 2.68. The van der Waals surface area contributed by atoms with Gasteiger partial charge in [0.05, 0.1) is 0 Å². The van der Waals surface area contributed by atoms with Crippen molar-refractivity contribution in [2.45, 2.75) is 13.5 Å². The van der Waals surface area contributed by atoms with E-state index in [4.69, 9.17) is 0 Å². The van der Waals surface area contributed by atoms with Crippen LogP contribution in [0.15, 0.2) is 48.5 Å². The Labute approximate surface area is 111 Å². The fraction of sp³-hybridized carbons (Fsp3) is 0.133. The SMILES string of the molecule is Cc1ccc(NC(=O)NCc2ccc(F)cc2)cc1. The average Bonchev–Trinajstić information content (AvgIpc) is 2.41. The number of hydrogen-bond donors (Lipinski definition) is 2. The Balaban J connectivity index is 1.84. The number of rotatable bonds is 3. The lowest BCUT2D eigenvalue weighted by Crippen LogP contribution is -2.28. The smallest absolute Gasteiger partial charge is 0.319 e. The lowest BCUT2D eigenvalue weighted by atomic mass is 10.2. The molecule has 4 heteroatoms. The first-order valence-corrected chi connectivity index (χ1v) is 5.99. The average molecular weight is 258 g/mol. The van der Waals surface area contributed by atoms with Crippen LogP contribution in [0.3, 0.4) is 0 Å². The van der Waals surface area contributed by atoms with E-state index in [1.165, 1.54) is 12.1 Å². The van der Waals surface area contributed by atoms with Crippen LogP contribution in [0.25, 0.3) is 0 Å². The minimum absolute atomic E-state index is 0.284. The molecule has 0 unspecified atom stereocenters. The zero-order chi connectivity index (χ0) is 13.7. The first kappa shape index (κ1) is 13.1. The van der Waals surface area contributed by atoms with Crippen molar-refractivity contribution in [2.75, 3.05) is 5.32 Å². The molecule has 0 bridgehead atoms. The number of hydrogen-bond acceptors (Lipinski definition) is 1. The number of nitrogens with one attached hydrogen (secondary N) is 2. The highest BCUT2D eigenvalue weighted by Gasteiger charge is 2.01. The summed E-state index contributed by atoms with van der Waals surface area (Å²) in [5.41, 5.74) is 2.72. The predicted molar refractivity (Wildman–Crippen MR) is 73.4 cm³/mol. The number of halogens is 1. The lowest BCUT2D eigenvalue weighted by molar-refractivity contribution is 0.251. The zero-order valence-electron chi connectivity index (χ0n) is 10.6. The fourth-order valence-corrected chi connectivity index (χ4v) is 1.60. The first-order valence-electron chi connectivity index (χ1n) is 5.99. The zero-order valence-corrected chi connectivity index (χ0v) is 10.6. The molecule has 2 N–H and O–H groups in total. The number of carbonyl (C=O) groups is 1. The van der Waals surface area contributed by atoms with Crippen LogP contribution in [-0.4, -0.2) is 6.03 Å². The third kappa shape index (κ3) is 4.10. The Kier molecular flexibility index (Phi) is 4.13. The molecular weight excluding hydrogens is 243 g/mol. The van der Waals surface area contributed by atoms with Gasteiger partial charge in [-0.2, -0.15) is 0 Å². The summed E-state index contributed by atoms with van der Waals surface area (Å²) in [5, 5.41) is 5.44. The van der Waals surface area contributed by atoms with Crippen LogP contribution in [0.1, 0.15) is 11.1 Å². The summed E-state index contributed by atoms with van der Waals surface area (Å²) in [5.74, 6) is -0.284. The monoisotopic (exact) mass is 258 g/mol. The van der Waals surface area contributed by atoms with Crippen molar-refractivity contribution in [2.24, 2.45) is 0 Å². The van der Waals surface area contributed by atoms with Crippen molar-refractivity contribution in [3.05, 3.63) is 65.5 Å². The summed E-state index contributed by atoms with van der Waals surface area (Å²) in [6, 6.07) is 13.3. The maximum absolute atomic E-state index is 12.7. The number of carbonyl (C=O) groups excluding carboxylic acids is 1. The number of benzene rings is 2. The Bertz CT molecular complexity index is 549. The van der Waals surface area contributed by atoms with Crippen molar-refractivity contribution >= 4 is 11.7 Å². The molecule has 0 heterocycles. The maximum Gasteiger partial charge on any atom is 0.319 e. The van der Waals surface area contributed by atoms with Crippen molar-refractivity contribution < 1.29 is 9.18 Å². The highest BCUT2D eigenvalue weighted by atomic mass is 19.1. The van der Waals surface area contributed by atoms with Crippen LogP contribution in [-0.2, 0) is 6.54 Å². The number of anilines is 1. The first-order chi connectivity index (χ1) is 9.13. The summed E-state index contributed by atoms with van der Waals surface area (Å²) in [6.07, 6.45) is 0. The lowest BCUT2D eigenvalue weighted by Gasteiger charge is -2.08. The standard InChI is InChI=1S/C15H15FN2O/c1-11-2-8-14(9-3-11)18-15(19)17-10-12-4-6-13(16)7-5-12/h2-9H,10H2,1H3,(H2,17,18,19). The van der Waals surface area contributed by atoms with Gasteiger partial charge < -0.3 is 10.6 Å². The molecule has 0 aromatic heterocycles. The minimum atomic E-state index is -0.284. The quantitative estimate of drug-likeness (QED) is 0.869. The molecule has 0 aliphatic heterocycles. The van der Waals surface area contributed by atoms with Gasteiger partial charge in [-0.25, -0.2) is 9.18 Å². The molecule has 2 aromatic carbocycles. The summed E-state index contributed by atoms with van der Waals surface area (Å²) in [6.45, 7) is 2.34. The van der Waals surface area contributed by atoms with Gasteiger partial charge in [-0.3, -0.25) is 0 Å². The van der Waals surface area contributed by atoms with Crippen LogP contribution in [0.2, 0.25) is 0 Å². The normalized spacial score (nSPS) is 10.0. The van der Waals surface area contributed by atoms with E-state index in [2.05, 4.69) is 10.6 Å². The van der Waals surface area contributed by atoms with Crippen LogP contribution >= 0.6 is 0 Å². The second-order valence-electron chi connectivity index (χ2n) is 4.30. The Morgan fingerprint density at radius 2 is 1.68 bits per heavy atom. The topological polar surface area (TPSA) is 41.1 Å². The van der Waals surface area contributed by atoms with E-state index in [1.807, 2.05) is 31.2 Å². The van der Waals surface area contributed by atoms with Gasteiger partial charge in [0, 0.05) is 12.2 Å². The maximum atomic E-state index is 12.7. The van der Waals surface area contributed by atoms with Crippen molar-refractivity contribution in [1.82, 2.24) is 5.32 Å². The van der Waals surface area contributed by atoms with E-state index >= 15 is 0 Å². The Hall–Kier alpha value is -2.36. The van der Waals surface area contributed by atoms with Gasteiger partial charge in [-0.05, 0) is 36.8 Å². The molecule has 2 rings (SSSR count). The fourth-order valence-electron chi connectivity index (χ4n) is 1.60. The molecule has 2 amide bonds. The van der Waals surface area contributed by atoms with Gasteiger partial charge in [0.2, 0.25) is 0 Å². The summed E-state index contributed by atoms with van der Waals surface area (Å²) in [7, 11) is 0. The molecule has 3 nitrogen and oxygen atoms in total. The van der Waals surface area contributed by atoms with E-state index < -0.39 is 0 Å². The second kappa shape index (κ2) is 6.00. The molecule has 0 fully saturated rings. The summed E-state index contributed by atoms with van der Waals surface area (Å²) < 4.78 is 12.7. The highest BCUT2D eigenvalue weighted by Crippen LogP contribution is 2.08. The second-order valence-corrected chi connectivity index (χ2v) is 4.30. The van der Waals surface area contributed by atoms with Crippen molar-refractivity contribution in [3.8, 4) is 0 Å². The largest absolute Gasteiger partial charge is 0.334 e. The van der Waals surface area contributed by atoms with E-state index in [0.717, 1.165) is 16.8 Å². The van der Waals surface area contributed by atoms with Crippen LogP contribution in [0, 0.1) is 12.7 Å². The van der Waals surface area contributed by atoms with E-state index in [9.17, 15) is 9.18 Å². The van der Waals surface area contributed by atoms with Gasteiger partial charge >= 0.3 is 6.03 Å². The van der Waals surface area contributed by atoms with Crippen molar-refractivity contribution in [3.63, 3.8) is 0 Å². The molecule has 2 aromatic rings. The molecule has 98 valence electrons. The minimum Gasteiger partial charge on any atom is -0.334 e. The van der Waals surface area contributed by atoms with Gasteiger partial charge in [-0.1, -0.05) is 29.8 Å². The molecule has 19 heavy (non-hydrogen) atoms. The predicted octanol–water partition coefficient (Wildman–Crippen LogP) is 3.46. The molecule has 0 saturated carbocycles. The van der Waals surface area contributed by atoms with Gasteiger partial charge in [0.25, 0.3) is 0 Å². The van der Waals surface area contributed by atoms with E-state index in [0.29, 0.717) is 6.54 Å². The third-order valence-electron chi connectivity index (χ3n) is 2.68. The number of aryl methyl sites for hydroxylation is 1. The Morgan fingerprint density at radius 1 is 1.05 bits per heavy atom. The highest BCUT2D eigenvalue weighted by molar-refractivity contribution is 5.89. The van der Waals surface area contributed by atoms with Crippen LogP contribution in [0.4, 0.5) is 14.9 Å². The molecule has 0 saturated heterocycles. The van der Waals surface area contributed by atoms with Crippen LogP contribution < -0.4 is 10.6 Å². The van der Waals surface area contributed by atoms with Crippen molar-refractivity contribution in [1.29, 1.82) is 0 Å². The molecule has 0 aliphatic carbocycles. The van der Waals surface area contributed by atoms with E-state index in [1.54, 1.807) is 12.1 Å². The summed E-state index contributed by atoms with van der Waals surface area (Å²) in [4.78, 5) is 11.6. The molecule has 0 spiro atoms. The van der Waals surface area contributed by atoms with Gasteiger partial charge in [0.15, 0.2) is 0 Å². The molecule has 0 atom stereocenters.